The highest BCUT2D eigenvalue weighted by Crippen LogP contribution is 2.35. The van der Waals surface area contributed by atoms with Crippen molar-refractivity contribution in [2.24, 2.45) is 5.41 Å². The Morgan fingerprint density at radius 3 is 1.21 bits per heavy atom. The van der Waals surface area contributed by atoms with Crippen LogP contribution in [-0.2, 0) is 14.4 Å². The minimum Gasteiger partial charge on any atom is -0.481 e. The molecule has 0 atom stereocenters. The van der Waals surface area contributed by atoms with Crippen molar-refractivity contribution >= 4 is 17.9 Å². The van der Waals surface area contributed by atoms with Gasteiger partial charge in [0.2, 0.25) is 0 Å². The van der Waals surface area contributed by atoms with Gasteiger partial charge < -0.3 is 25.5 Å². The molecule has 0 bridgehead atoms. The molecular weight excluding hydrogens is 368 g/mol. The lowest BCUT2D eigenvalue weighted by molar-refractivity contribution is -0.170. The Morgan fingerprint density at radius 1 is 0.714 bits per heavy atom. The smallest absolute Gasteiger partial charge is 0.336 e. The molecule has 0 aromatic heterocycles. The maximum absolute atomic E-state index is 10.3. The second kappa shape index (κ2) is 15.3. The summed E-state index contributed by atoms with van der Waals surface area (Å²) in [5.74, 6) is -5.02. The monoisotopic (exact) mass is 406 g/mol. The van der Waals surface area contributed by atoms with Crippen molar-refractivity contribution in [3.63, 3.8) is 0 Å². The first kappa shape index (κ1) is 28.5. The maximum Gasteiger partial charge on any atom is 0.336 e. The van der Waals surface area contributed by atoms with Crippen molar-refractivity contribution in [2.75, 3.05) is 6.61 Å². The van der Waals surface area contributed by atoms with Gasteiger partial charge in [-0.2, -0.15) is 0 Å². The molecule has 8 nitrogen and oxygen atoms in total. The Kier molecular flexibility index (Phi) is 15.6. The molecule has 166 valence electrons. The lowest BCUT2D eigenvalue weighted by Crippen LogP contribution is -2.42. The number of aliphatic hydroxyl groups excluding tert-OH is 1. The quantitative estimate of drug-likeness (QED) is 0.278. The van der Waals surface area contributed by atoms with Crippen LogP contribution in [0.1, 0.15) is 91.4 Å². The summed E-state index contributed by atoms with van der Waals surface area (Å²) in [6.45, 7) is 7.11. The standard InChI is InChI=1S/C14H30O.C6H8O7/c1-4-7-10-14(13-15,11-8-5-2)12-9-6-3;7-3(8)1-6(13,5(11)12)2-4(9)10/h15H,4-13H2,1-3H3;13H,1-2H2,(H,7,8)(H,9,10)(H,11,12). The van der Waals surface area contributed by atoms with Crippen LogP contribution >= 0.6 is 0 Å². The van der Waals surface area contributed by atoms with Crippen molar-refractivity contribution in [1.82, 2.24) is 0 Å². The van der Waals surface area contributed by atoms with E-state index in [2.05, 4.69) is 20.8 Å². The molecule has 0 saturated carbocycles. The Bertz CT molecular complexity index is 423. The van der Waals surface area contributed by atoms with E-state index in [0.29, 0.717) is 6.61 Å². The maximum atomic E-state index is 10.3. The van der Waals surface area contributed by atoms with Gasteiger partial charge in [-0.15, -0.1) is 0 Å². The third-order valence-corrected chi connectivity index (χ3v) is 4.80. The highest BCUT2D eigenvalue weighted by atomic mass is 16.4. The van der Waals surface area contributed by atoms with Crippen molar-refractivity contribution in [3.8, 4) is 0 Å². The molecule has 0 aliphatic heterocycles. The van der Waals surface area contributed by atoms with Gasteiger partial charge in [0.25, 0.3) is 0 Å². The van der Waals surface area contributed by atoms with Crippen LogP contribution in [0, 0.1) is 5.41 Å². The topological polar surface area (TPSA) is 152 Å². The first-order valence-electron chi connectivity index (χ1n) is 10.0. The van der Waals surface area contributed by atoms with E-state index in [-0.39, 0.29) is 5.41 Å². The Morgan fingerprint density at radius 2 is 1.04 bits per heavy atom. The molecule has 0 aromatic rings. The van der Waals surface area contributed by atoms with Gasteiger partial charge >= 0.3 is 17.9 Å². The number of aliphatic carboxylic acids is 3. The van der Waals surface area contributed by atoms with E-state index in [0.717, 1.165) is 0 Å². The molecule has 0 spiro atoms. The summed E-state index contributed by atoms with van der Waals surface area (Å²) in [5.41, 5.74) is -2.49. The van der Waals surface area contributed by atoms with Gasteiger partial charge in [0, 0.05) is 6.61 Å². The van der Waals surface area contributed by atoms with E-state index in [1.165, 1.54) is 57.8 Å². The Balaban J connectivity index is 0. The summed E-state index contributed by atoms with van der Waals surface area (Å²) in [6, 6.07) is 0. The molecule has 0 radical (unpaired) electrons. The zero-order chi connectivity index (χ0) is 22.2. The van der Waals surface area contributed by atoms with Gasteiger partial charge in [-0.3, -0.25) is 9.59 Å². The number of aliphatic hydroxyl groups is 2. The summed E-state index contributed by atoms with van der Waals surface area (Å²) in [4.78, 5) is 30.5. The van der Waals surface area contributed by atoms with E-state index < -0.39 is 36.4 Å². The lowest BCUT2D eigenvalue weighted by Gasteiger charge is -2.32. The summed E-state index contributed by atoms with van der Waals surface area (Å²) in [5, 5.41) is 43.5. The summed E-state index contributed by atoms with van der Waals surface area (Å²) < 4.78 is 0. The molecule has 0 aliphatic carbocycles. The average molecular weight is 407 g/mol. The van der Waals surface area contributed by atoms with Gasteiger partial charge in [-0.25, -0.2) is 4.79 Å². The number of hydrogen-bond donors (Lipinski definition) is 5. The fraction of sp³-hybridized carbons (Fsp3) is 0.850. The predicted octanol–water partition coefficient (Wildman–Crippen LogP) is 3.29. The zero-order valence-electron chi connectivity index (χ0n) is 17.4. The molecule has 8 heteroatoms. The molecule has 28 heavy (non-hydrogen) atoms. The summed E-state index contributed by atoms with van der Waals surface area (Å²) >= 11 is 0. The van der Waals surface area contributed by atoms with Gasteiger partial charge in [0.15, 0.2) is 5.60 Å². The van der Waals surface area contributed by atoms with Crippen LogP contribution in [0.4, 0.5) is 0 Å². The second-order valence-electron chi connectivity index (χ2n) is 7.45. The minimum atomic E-state index is -2.74. The van der Waals surface area contributed by atoms with Gasteiger partial charge in [0.1, 0.15) is 0 Å². The number of carboxylic acids is 3. The Labute approximate surface area is 167 Å². The van der Waals surface area contributed by atoms with Crippen molar-refractivity contribution in [3.05, 3.63) is 0 Å². The lowest BCUT2D eigenvalue weighted by atomic mass is 9.75. The number of carbonyl (C=O) groups is 3. The fourth-order valence-corrected chi connectivity index (χ4v) is 2.98. The van der Waals surface area contributed by atoms with Gasteiger partial charge in [-0.05, 0) is 24.7 Å². The molecule has 0 unspecified atom stereocenters. The fourth-order valence-electron chi connectivity index (χ4n) is 2.98. The van der Waals surface area contributed by atoms with E-state index >= 15 is 0 Å². The number of rotatable bonds is 15. The van der Waals surface area contributed by atoms with Crippen LogP contribution in [0.15, 0.2) is 0 Å². The molecule has 5 N–H and O–H groups in total. The van der Waals surface area contributed by atoms with Crippen LogP contribution in [-0.4, -0.2) is 55.6 Å². The Hall–Kier alpha value is -1.67. The summed E-state index contributed by atoms with van der Waals surface area (Å²) in [6.07, 6.45) is 8.94. The molecule has 0 rings (SSSR count). The first-order valence-corrected chi connectivity index (χ1v) is 10.0. The highest BCUT2D eigenvalue weighted by molar-refractivity contribution is 5.88. The number of hydrogen-bond acceptors (Lipinski definition) is 5. The van der Waals surface area contributed by atoms with Crippen LogP contribution in [0.3, 0.4) is 0 Å². The van der Waals surface area contributed by atoms with E-state index in [1.54, 1.807) is 0 Å². The van der Waals surface area contributed by atoms with Crippen molar-refractivity contribution < 1.29 is 39.9 Å². The van der Waals surface area contributed by atoms with Crippen LogP contribution in [0.2, 0.25) is 0 Å². The average Bonchev–Trinajstić information content (AvgIpc) is 2.60. The number of carboxylic acid groups (broad SMARTS) is 3. The highest BCUT2D eigenvalue weighted by Gasteiger charge is 2.40. The van der Waals surface area contributed by atoms with E-state index in [4.69, 9.17) is 20.4 Å². The first-order chi connectivity index (χ1) is 13.0. The number of unbranched alkanes of at least 4 members (excludes halogenated alkanes) is 3. The normalized spacial score (nSPS) is 11.5. The van der Waals surface area contributed by atoms with E-state index in [9.17, 15) is 19.5 Å². The molecule has 0 aromatic carbocycles. The second-order valence-corrected chi connectivity index (χ2v) is 7.45. The van der Waals surface area contributed by atoms with Crippen LogP contribution in [0.25, 0.3) is 0 Å². The van der Waals surface area contributed by atoms with Crippen molar-refractivity contribution in [1.29, 1.82) is 0 Å². The van der Waals surface area contributed by atoms with Gasteiger partial charge in [-0.1, -0.05) is 59.3 Å². The van der Waals surface area contributed by atoms with Crippen LogP contribution in [0.5, 0.6) is 0 Å². The SMILES string of the molecule is CCCCC(CO)(CCCC)CCCC.O=C(O)CC(O)(CC(=O)O)C(=O)O. The third kappa shape index (κ3) is 12.7. The molecule has 0 amide bonds. The molecular formula is C20H38O8. The third-order valence-electron chi connectivity index (χ3n) is 4.80. The van der Waals surface area contributed by atoms with Crippen LogP contribution < -0.4 is 0 Å². The van der Waals surface area contributed by atoms with Gasteiger partial charge in [0.05, 0.1) is 12.8 Å². The molecule has 0 saturated heterocycles. The largest absolute Gasteiger partial charge is 0.481 e. The summed E-state index contributed by atoms with van der Waals surface area (Å²) in [7, 11) is 0. The molecule has 0 heterocycles. The minimum absolute atomic E-state index is 0.252. The zero-order valence-corrected chi connectivity index (χ0v) is 17.4. The molecule has 0 aliphatic rings. The van der Waals surface area contributed by atoms with Crippen molar-refractivity contribution in [2.45, 2.75) is 97.0 Å². The predicted molar refractivity (Wildman–Crippen MR) is 105 cm³/mol. The molecule has 0 fully saturated rings. The van der Waals surface area contributed by atoms with E-state index in [1.807, 2.05) is 0 Å².